The fourth-order valence-corrected chi connectivity index (χ4v) is 3.21. The summed E-state index contributed by atoms with van der Waals surface area (Å²) >= 11 is 0. The molecule has 0 saturated heterocycles. The molecule has 0 saturated carbocycles. The molecule has 1 amide bonds. The Balaban J connectivity index is 1.72. The molecular weight excluding hydrogens is 338 g/mol. The van der Waals surface area contributed by atoms with E-state index in [0.717, 1.165) is 24.0 Å². The number of aromatic nitrogens is 3. The lowest BCUT2D eigenvalue weighted by Gasteiger charge is -2.25. The lowest BCUT2D eigenvalue weighted by Crippen LogP contribution is -2.34. The number of fused-ring (bicyclic) bond motifs is 1. The van der Waals surface area contributed by atoms with Crippen molar-refractivity contribution in [3.05, 3.63) is 59.2 Å². The van der Waals surface area contributed by atoms with Crippen molar-refractivity contribution in [3.8, 4) is 0 Å². The van der Waals surface area contributed by atoms with Crippen LogP contribution in [0, 0.1) is 0 Å². The lowest BCUT2D eigenvalue weighted by molar-refractivity contribution is 0.0942. The van der Waals surface area contributed by atoms with Gasteiger partial charge in [0.15, 0.2) is 0 Å². The Bertz CT molecular complexity index is 914. The van der Waals surface area contributed by atoms with Crippen molar-refractivity contribution in [1.29, 1.82) is 0 Å². The molecule has 1 heterocycles. The quantitative estimate of drug-likeness (QED) is 0.699. The number of nitrogens with zero attached hydrogens (tertiary/aromatic N) is 4. The minimum absolute atomic E-state index is 0.0972. The number of aryl methyl sites for hydroxylation is 2. The highest BCUT2D eigenvalue weighted by atomic mass is 16.1. The van der Waals surface area contributed by atoms with E-state index in [0.29, 0.717) is 12.1 Å². The van der Waals surface area contributed by atoms with Gasteiger partial charge < -0.3 is 10.2 Å². The van der Waals surface area contributed by atoms with Crippen molar-refractivity contribution in [2.24, 2.45) is 0 Å². The van der Waals surface area contributed by atoms with E-state index in [1.165, 1.54) is 11.1 Å². The van der Waals surface area contributed by atoms with Gasteiger partial charge in [-0.1, -0.05) is 36.4 Å². The molecule has 2 aromatic carbocycles. The standard InChI is InChI=1S/C21H27N5O/c1-5-15-7-9-16(10-8-15)20(25(3)4)14-22-21(27)17-11-12-19-18(13-17)23-24-26(19)6-2/h7-13,20H,5-6,14H2,1-4H3,(H,22,27). The Labute approximate surface area is 160 Å². The fraction of sp³-hybridized carbons (Fsp3) is 0.381. The maximum atomic E-state index is 12.6. The van der Waals surface area contributed by atoms with Gasteiger partial charge >= 0.3 is 0 Å². The molecule has 6 nitrogen and oxygen atoms in total. The summed E-state index contributed by atoms with van der Waals surface area (Å²) in [5.74, 6) is -0.0972. The van der Waals surface area contributed by atoms with Gasteiger partial charge in [-0.3, -0.25) is 4.79 Å². The number of rotatable bonds is 7. The Morgan fingerprint density at radius 3 is 2.52 bits per heavy atom. The van der Waals surface area contributed by atoms with E-state index < -0.39 is 0 Å². The molecule has 0 bridgehead atoms. The van der Waals surface area contributed by atoms with E-state index in [9.17, 15) is 4.79 Å². The van der Waals surface area contributed by atoms with Gasteiger partial charge in [0.25, 0.3) is 5.91 Å². The van der Waals surface area contributed by atoms with Crippen molar-refractivity contribution in [1.82, 2.24) is 25.2 Å². The van der Waals surface area contributed by atoms with Crippen LogP contribution in [-0.2, 0) is 13.0 Å². The van der Waals surface area contributed by atoms with Crippen LogP contribution in [0.15, 0.2) is 42.5 Å². The molecule has 142 valence electrons. The van der Waals surface area contributed by atoms with E-state index in [4.69, 9.17) is 0 Å². The summed E-state index contributed by atoms with van der Waals surface area (Å²) in [6, 6.07) is 14.2. The Hall–Kier alpha value is -2.73. The largest absolute Gasteiger partial charge is 0.350 e. The van der Waals surface area contributed by atoms with Crippen LogP contribution < -0.4 is 5.32 Å². The van der Waals surface area contributed by atoms with E-state index in [1.54, 1.807) is 6.07 Å². The van der Waals surface area contributed by atoms with Crippen molar-refractivity contribution < 1.29 is 4.79 Å². The SMILES string of the molecule is CCc1ccc(C(CNC(=O)c2ccc3c(c2)nnn3CC)N(C)C)cc1. The zero-order valence-electron chi connectivity index (χ0n) is 16.4. The van der Waals surface area contributed by atoms with Crippen LogP contribution in [0.25, 0.3) is 11.0 Å². The van der Waals surface area contributed by atoms with Gasteiger partial charge in [0.2, 0.25) is 0 Å². The van der Waals surface area contributed by atoms with Crippen LogP contribution in [-0.4, -0.2) is 46.4 Å². The van der Waals surface area contributed by atoms with E-state index in [1.807, 2.05) is 37.8 Å². The van der Waals surface area contributed by atoms with Gasteiger partial charge in [0.1, 0.15) is 5.52 Å². The third-order valence-electron chi connectivity index (χ3n) is 4.93. The third kappa shape index (κ3) is 4.17. The highest BCUT2D eigenvalue weighted by molar-refractivity contribution is 5.97. The first-order valence-corrected chi connectivity index (χ1v) is 9.40. The normalized spacial score (nSPS) is 12.5. The molecule has 6 heteroatoms. The summed E-state index contributed by atoms with van der Waals surface area (Å²) < 4.78 is 1.82. The minimum Gasteiger partial charge on any atom is -0.350 e. The number of hydrogen-bond donors (Lipinski definition) is 1. The Morgan fingerprint density at radius 1 is 1.15 bits per heavy atom. The van der Waals surface area contributed by atoms with Crippen LogP contribution in [0.2, 0.25) is 0 Å². The number of amides is 1. The summed E-state index contributed by atoms with van der Waals surface area (Å²) in [7, 11) is 4.05. The zero-order chi connectivity index (χ0) is 19.4. The lowest BCUT2D eigenvalue weighted by atomic mass is 10.0. The average molecular weight is 365 g/mol. The predicted octanol–water partition coefficient (Wildman–Crippen LogP) is 3.05. The van der Waals surface area contributed by atoms with Crippen LogP contribution in [0.4, 0.5) is 0 Å². The Morgan fingerprint density at radius 2 is 1.89 bits per heavy atom. The molecule has 1 atom stereocenters. The summed E-state index contributed by atoms with van der Waals surface area (Å²) in [4.78, 5) is 14.8. The predicted molar refractivity (Wildman–Crippen MR) is 108 cm³/mol. The smallest absolute Gasteiger partial charge is 0.251 e. The van der Waals surface area contributed by atoms with Crippen LogP contribution in [0.5, 0.6) is 0 Å². The molecule has 0 radical (unpaired) electrons. The van der Waals surface area contributed by atoms with E-state index in [2.05, 4.69) is 51.7 Å². The van der Waals surface area contributed by atoms with E-state index >= 15 is 0 Å². The van der Waals surface area contributed by atoms with E-state index in [-0.39, 0.29) is 11.9 Å². The Kier molecular flexibility index (Phi) is 5.86. The zero-order valence-corrected chi connectivity index (χ0v) is 16.4. The van der Waals surface area contributed by atoms with Gasteiger partial charge in [-0.2, -0.15) is 0 Å². The van der Waals surface area contributed by atoms with Gasteiger partial charge in [-0.15, -0.1) is 5.10 Å². The summed E-state index contributed by atoms with van der Waals surface area (Å²) in [6.07, 6.45) is 1.02. The molecular formula is C21H27N5O. The van der Waals surface area contributed by atoms with Gasteiger partial charge in [0.05, 0.1) is 11.6 Å². The second kappa shape index (κ2) is 8.31. The minimum atomic E-state index is -0.0972. The maximum absolute atomic E-state index is 12.6. The monoisotopic (exact) mass is 365 g/mol. The first-order chi connectivity index (χ1) is 13.0. The van der Waals surface area contributed by atoms with Gasteiger partial charge in [-0.25, -0.2) is 4.68 Å². The first-order valence-electron chi connectivity index (χ1n) is 9.40. The molecule has 3 rings (SSSR count). The molecule has 0 fully saturated rings. The highest BCUT2D eigenvalue weighted by Crippen LogP contribution is 2.19. The number of carbonyl (C=O) groups is 1. The number of likely N-dealkylation sites (N-methyl/N-ethyl adjacent to an activating group) is 1. The third-order valence-corrected chi connectivity index (χ3v) is 4.93. The summed E-state index contributed by atoms with van der Waals surface area (Å²) in [5.41, 5.74) is 4.79. The van der Waals surface area contributed by atoms with Crippen molar-refractivity contribution in [2.75, 3.05) is 20.6 Å². The van der Waals surface area contributed by atoms with Gasteiger partial charge in [-0.05, 0) is 56.8 Å². The molecule has 27 heavy (non-hydrogen) atoms. The number of hydrogen-bond acceptors (Lipinski definition) is 4. The second-order valence-electron chi connectivity index (χ2n) is 6.89. The van der Waals surface area contributed by atoms with Crippen molar-refractivity contribution in [2.45, 2.75) is 32.9 Å². The van der Waals surface area contributed by atoms with Crippen LogP contribution in [0.3, 0.4) is 0 Å². The first kappa shape index (κ1) is 19.0. The van der Waals surface area contributed by atoms with Gasteiger partial charge in [0, 0.05) is 18.7 Å². The molecule has 0 aliphatic rings. The highest BCUT2D eigenvalue weighted by Gasteiger charge is 2.16. The fourth-order valence-electron chi connectivity index (χ4n) is 3.21. The maximum Gasteiger partial charge on any atom is 0.251 e. The van der Waals surface area contributed by atoms with Crippen LogP contribution in [0.1, 0.15) is 41.4 Å². The number of nitrogens with one attached hydrogen (secondary N) is 1. The molecule has 1 unspecified atom stereocenters. The van der Waals surface area contributed by atoms with Crippen LogP contribution >= 0.6 is 0 Å². The number of benzene rings is 2. The van der Waals surface area contributed by atoms with Crippen molar-refractivity contribution >= 4 is 16.9 Å². The number of carbonyl (C=O) groups excluding carboxylic acids is 1. The second-order valence-corrected chi connectivity index (χ2v) is 6.89. The average Bonchev–Trinajstić information content (AvgIpc) is 3.10. The van der Waals surface area contributed by atoms with Crippen molar-refractivity contribution in [3.63, 3.8) is 0 Å². The molecule has 0 aliphatic carbocycles. The molecule has 1 N–H and O–H groups in total. The topological polar surface area (TPSA) is 63.1 Å². The summed E-state index contributed by atoms with van der Waals surface area (Å²) in [5, 5.41) is 11.3. The molecule has 3 aromatic rings. The molecule has 0 spiro atoms. The molecule has 0 aliphatic heterocycles. The molecule has 1 aromatic heterocycles. The summed E-state index contributed by atoms with van der Waals surface area (Å²) in [6.45, 7) is 5.46.